The van der Waals surface area contributed by atoms with Crippen LogP contribution in [0.3, 0.4) is 0 Å². The van der Waals surface area contributed by atoms with Gasteiger partial charge in [0, 0.05) is 12.6 Å². The number of aromatic nitrogens is 3. The van der Waals surface area contributed by atoms with Gasteiger partial charge >= 0.3 is 6.18 Å². The standard InChI is InChI=1S/C15H12F3N3/c1-10-4-3-7-21-13(19-20-14(10)21)9-11-5-2-6-12(8-11)15(16,17)18/h2-8H,9H2,1H3. The molecule has 21 heavy (non-hydrogen) atoms. The number of pyridine rings is 1. The molecule has 0 aliphatic carbocycles. The van der Waals surface area contributed by atoms with Gasteiger partial charge in [-0.2, -0.15) is 13.2 Å². The van der Waals surface area contributed by atoms with Crippen molar-refractivity contribution in [2.45, 2.75) is 19.5 Å². The predicted molar refractivity (Wildman–Crippen MR) is 72.0 cm³/mol. The summed E-state index contributed by atoms with van der Waals surface area (Å²) in [5, 5.41) is 8.15. The van der Waals surface area contributed by atoms with Gasteiger partial charge in [-0.1, -0.05) is 24.3 Å². The summed E-state index contributed by atoms with van der Waals surface area (Å²) in [5.41, 5.74) is 1.60. The average molecular weight is 291 g/mol. The molecule has 108 valence electrons. The van der Waals surface area contributed by atoms with Crippen molar-refractivity contribution >= 4 is 5.65 Å². The van der Waals surface area contributed by atoms with Gasteiger partial charge in [0.1, 0.15) is 5.82 Å². The maximum Gasteiger partial charge on any atom is 0.416 e. The zero-order valence-corrected chi connectivity index (χ0v) is 11.2. The first kappa shape index (κ1) is 13.6. The second-order valence-electron chi connectivity index (χ2n) is 4.88. The van der Waals surface area contributed by atoms with E-state index in [1.54, 1.807) is 10.5 Å². The Kier molecular flexibility index (Phi) is 3.16. The molecule has 0 amide bonds. The van der Waals surface area contributed by atoms with Crippen molar-refractivity contribution in [2.75, 3.05) is 0 Å². The van der Waals surface area contributed by atoms with Gasteiger partial charge in [-0.3, -0.25) is 4.40 Å². The fourth-order valence-corrected chi connectivity index (χ4v) is 2.26. The smallest absolute Gasteiger partial charge is 0.286 e. The molecule has 0 bridgehead atoms. The molecular weight excluding hydrogens is 279 g/mol. The Morgan fingerprint density at radius 3 is 2.67 bits per heavy atom. The first-order valence-corrected chi connectivity index (χ1v) is 6.40. The Labute approximate surface area is 119 Å². The molecule has 0 aliphatic rings. The highest BCUT2D eigenvalue weighted by atomic mass is 19.4. The molecular formula is C15H12F3N3. The van der Waals surface area contributed by atoms with Crippen LogP contribution < -0.4 is 0 Å². The average Bonchev–Trinajstić information content (AvgIpc) is 2.83. The number of fused-ring (bicyclic) bond motifs is 1. The lowest BCUT2D eigenvalue weighted by molar-refractivity contribution is -0.137. The number of aryl methyl sites for hydroxylation is 1. The lowest BCUT2D eigenvalue weighted by atomic mass is 10.1. The van der Waals surface area contributed by atoms with Crippen LogP contribution in [0.1, 0.15) is 22.5 Å². The highest BCUT2D eigenvalue weighted by Gasteiger charge is 2.30. The Morgan fingerprint density at radius 2 is 1.90 bits per heavy atom. The second kappa shape index (κ2) is 4.87. The van der Waals surface area contributed by atoms with Crippen molar-refractivity contribution < 1.29 is 13.2 Å². The molecule has 3 nitrogen and oxygen atoms in total. The minimum atomic E-state index is -4.33. The number of hydrogen-bond donors (Lipinski definition) is 0. The van der Waals surface area contributed by atoms with Gasteiger partial charge in [0.2, 0.25) is 0 Å². The molecule has 3 rings (SSSR count). The topological polar surface area (TPSA) is 30.2 Å². The van der Waals surface area contributed by atoms with E-state index in [0.29, 0.717) is 17.8 Å². The molecule has 3 aromatic rings. The lowest BCUT2D eigenvalue weighted by Gasteiger charge is -2.08. The summed E-state index contributed by atoms with van der Waals surface area (Å²) in [6, 6.07) is 9.06. The molecule has 0 unspecified atom stereocenters. The third kappa shape index (κ3) is 2.61. The van der Waals surface area contributed by atoms with Crippen molar-refractivity contribution in [3.63, 3.8) is 0 Å². The molecule has 2 heterocycles. The molecule has 6 heteroatoms. The number of alkyl halides is 3. The number of hydrogen-bond acceptors (Lipinski definition) is 2. The van der Waals surface area contributed by atoms with Gasteiger partial charge in [0.15, 0.2) is 5.65 Å². The molecule has 0 fully saturated rings. The van der Waals surface area contributed by atoms with Crippen LogP contribution in [0, 0.1) is 6.92 Å². The molecule has 0 saturated carbocycles. The summed E-state index contributed by atoms with van der Waals surface area (Å²) >= 11 is 0. The van der Waals surface area contributed by atoms with E-state index in [9.17, 15) is 13.2 Å². The van der Waals surface area contributed by atoms with Crippen LogP contribution in [0.4, 0.5) is 13.2 Å². The summed E-state index contributed by atoms with van der Waals surface area (Å²) in [6.07, 6.45) is -2.22. The summed E-state index contributed by atoms with van der Waals surface area (Å²) < 4.78 is 40.0. The predicted octanol–water partition coefficient (Wildman–Crippen LogP) is 3.65. The lowest BCUT2D eigenvalue weighted by Crippen LogP contribution is -2.06. The minimum Gasteiger partial charge on any atom is -0.286 e. The van der Waals surface area contributed by atoms with E-state index in [1.165, 1.54) is 6.07 Å². The molecule has 0 radical (unpaired) electrons. The zero-order valence-electron chi connectivity index (χ0n) is 11.2. The van der Waals surface area contributed by atoms with Gasteiger partial charge in [0.25, 0.3) is 0 Å². The quantitative estimate of drug-likeness (QED) is 0.721. The largest absolute Gasteiger partial charge is 0.416 e. The van der Waals surface area contributed by atoms with Crippen molar-refractivity contribution in [3.05, 3.63) is 65.1 Å². The van der Waals surface area contributed by atoms with Crippen LogP contribution in [0.25, 0.3) is 5.65 Å². The van der Waals surface area contributed by atoms with Crippen LogP contribution in [0.2, 0.25) is 0 Å². The molecule has 2 aromatic heterocycles. The first-order chi connectivity index (χ1) is 9.95. The van der Waals surface area contributed by atoms with Gasteiger partial charge < -0.3 is 0 Å². The van der Waals surface area contributed by atoms with Crippen LogP contribution >= 0.6 is 0 Å². The molecule has 0 aliphatic heterocycles. The summed E-state index contributed by atoms with van der Waals surface area (Å²) in [6.45, 7) is 1.91. The highest BCUT2D eigenvalue weighted by molar-refractivity contribution is 5.46. The Balaban J connectivity index is 1.98. The summed E-state index contributed by atoms with van der Waals surface area (Å²) in [4.78, 5) is 0. The van der Waals surface area contributed by atoms with Gasteiger partial charge in [0.05, 0.1) is 5.56 Å². The van der Waals surface area contributed by atoms with E-state index in [4.69, 9.17) is 0 Å². The molecule has 0 atom stereocenters. The van der Waals surface area contributed by atoms with E-state index >= 15 is 0 Å². The number of nitrogens with zero attached hydrogens (tertiary/aromatic N) is 3. The van der Waals surface area contributed by atoms with Crippen molar-refractivity contribution in [2.24, 2.45) is 0 Å². The van der Waals surface area contributed by atoms with E-state index in [2.05, 4.69) is 10.2 Å². The van der Waals surface area contributed by atoms with Crippen LogP contribution in [0.15, 0.2) is 42.6 Å². The van der Waals surface area contributed by atoms with Crippen LogP contribution in [-0.2, 0) is 12.6 Å². The summed E-state index contributed by atoms with van der Waals surface area (Å²) in [5.74, 6) is 0.619. The third-order valence-electron chi connectivity index (χ3n) is 3.32. The van der Waals surface area contributed by atoms with Crippen LogP contribution in [0.5, 0.6) is 0 Å². The number of halogens is 3. The SMILES string of the molecule is Cc1cccn2c(Cc3cccc(C(F)(F)F)c3)nnc12. The van der Waals surface area contributed by atoms with Crippen LogP contribution in [-0.4, -0.2) is 14.6 Å². The second-order valence-corrected chi connectivity index (χ2v) is 4.88. The first-order valence-electron chi connectivity index (χ1n) is 6.40. The minimum absolute atomic E-state index is 0.300. The number of rotatable bonds is 2. The normalized spacial score (nSPS) is 12.0. The van der Waals surface area contributed by atoms with Gasteiger partial charge in [-0.05, 0) is 30.2 Å². The Hall–Kier alpha value is -2.37. The maximum absolute atomic E-state index is 12.7. The summed E-state index contributed by atoms with van der Waals surface area (Å²) in [7, 11) is 0. The van der Waals surface area contributed by atoms with Crippen molar-refractivity contribution in [1.82, 2.24) is 14.6 Å². The monoisotopic (exact) mass is 291 g/mol. The third-order valence-corrected chi connectivity index (χ3v) is 3.32. The van der Waals surface area contributed by atoms with Gasteiger partial charge in [-0.15, -0.1) is 10.2 Å². The Bertz CT molecular complexity index is 790. The fourth-order valence-electron chi connectivity index (χ4n) is 2.26. The van der Waals surface area contributed by atoms with E-state index in [-0.39, 0.29) is 0 Å². The van der Waals surface area contributed by atoms with Gasteiger partial charge in [-0.25, -0.2) is 0 Å². The molecule has 0 saturated heterocycles. The molecule has 0 spiro atoms. The number of benzene rings is 1. The van der Waals surface area contributed by atoms with Crippen molar-refractivity contribution in [1.29, 1.82) is 0 Å². The van der Waals surface area contributed by atoms with E-state index in [1.807, 2.05) is 25.3 Å². The zero-order chi connectivity index (χ0) is 15.0. The van der Waals surface area contributed by atoms with E-state index in [0.717, 1.165) is 23.3 Å². The van der Waals surface area contributed by atoms with E-state index < -0.39 is 11.7 Å². The molecule has 0 N–H and O–H groups in total. The molecule has 1 aromatic carbocycles. The maximum atomic E-state index is 12.7. The highest BCUT2D eigenvalue weighted by Crippen LogP contribution is 2.29. The Morgan fingerprint density at radius 1 is 1.10 bits per heavy atom. The van der Waals surface area contributed by atoms with Crippen molar-refractivity contribution in [3.8, 4) is 0 Å². The fraction of sp³-hybridized carbons (Fsp3) is 0.200.